The van der Waals surface area contributed by atoms with Crippen LogP contribution in [0.3, 0.4) is 0 Å². The van der Waals surface area contributed by atoms with Crippen LogP contribution in [0.1, 0.15) is 20.8 Å². The van der Waals surface area contributed by atoms with Crippen LogP contribution in [-0.4, -0.2) is 23.6 Å². The van der Waals surface area contributed by atoms with Crippen LogP contribution in [0.5, 0.6) is 0 Å². The molecule has 0 aliphatic rings. The van der Waals surface area contributed by atoms with Gasteiger partial charge in [-0.15, -0.1) is 0 Å². The van der Waals surface area contributed by atoms with Crippen molar-refractivity contribution in [2.75, 3.05) is 12.4 Å². The minimum Gasteiger partial charge on any atom is -0.461 e. The summed E-state index contributed by atoms with van der Waals surface area (Å²) in [6.07, 6.45) is 3.13. The van der Waals surface area contributed by atoms with Gasteiger partial charge in [-0.2, -0.15) is 11.8 Å². The number of rotatable bonds is 7. The summed E-state index contributed by atoms with van der Waals surface area (Å²) in [5.74, 6) is 0.498. The Morgan fingerprint density at radius 2 is 2.00 bits per heavy atom. The van der Waals surface area contributed by atoms with Gasteiger partial charge in [-0.05, 0) is 17.7 Å². The lowest BCUT2D eigenvalue weighted by molar-refractivity contribution is -0.138. The molecule has 0 spiro atoms. The topological polar surface area (TPSA) is 26.3 Å². The molecule has 0 saturated heterocycles. The molecule has 0 saturated carbocycles. The molecule has 0 bridgehead atoms. The highest BCUT2D eigenvalue weighted by Gasteiger charge is 2.09. The minimum absolute atomic E-state index is 0.322. The van der Waals surface area contributed by atoms with Gasteiger partial charge in [0.25, 0.3) is 0 Å². The molecule has 0 aromatic heterocycles. The summed E-state index contributed by atoms with van der Waals surface area (Å²) < 4.78 is 5.13. The van der Waals surface area contributed by atoms with Crippen LogP contribution in [-0.2, 0) is 9.53 Å². The van der Waals surface area contributed by atoms with Gasteiger partial charge < -0.3 is 4.74 Å². The zero-order valence-corrected chi connectivity index (χ0v) is 11.1. The summed E-state index contributed by atoms with van der Waals surface area (Å²) >= 11 is 1.77. The second kappa shape index (κ2) is 8.22. The standard InChI is InChI=1S/C13H20O2S/c1-6-11(5)12(7-2)13(14)15-8-9-16-10(3)4/h6-7,10H,1-2,8-9H2,3-5H3/b12-11+. The van der Waals surface area contributed by atoms with E-state index in [2.05, 4.69) is 27.0 Å². The van der Waals surface area contributed by atoms with E-state index in [1.54, 1.807) is 17.8 Å². The first-order valence-electron chi connectivity index (χ1n) is 5.27. The zero-order valence-electron chi connectivity index (χ0n) is 10.3. The number of allylic oxidation sites excluding steroid dienone is 2. The Kier molecular flexibility index (Phi) is 7.73. The summed E-state index contributed by atoms with van der Waals surface area (Å²) in [6, 6.07) is 0. The number of ether oxygens (including phenoxy) is 1. The van der Waals surface area contributed by atoms with Gasteiger partial charge in [-0.3, -0.25) is 0 Å². The highest BCUT2D eigenvalue weighted by atomic mass is 32.2. The lowest BCUT2D eigenvalue weighted by Crippen LogP contribution is -2.10. The lowest BCUT2D eigenvalue weighted by Gasteiger charge is -2.08. The predicted molar refractivity (Wildman–Crippen MR) is 71.6 cm³/mol. The molecule has 0 radical (unpaired) electrons. The maximum absolute atomic E-state index is 11.6. The molecule has 0 aliphatic carbocycles. The van der Waals surface area contributed by atoms with Crippen LogP contribution in [0.2, 0.25) is 0 Å². The van der Waals surface area contributed by atoms with Gasteiger partial charge in [0.2, 0.25) is 0 Å². The van der Waals surface area contributed by atoms with Crippen LogP contribution in [0.25, 0.3) is 0 Å². The van der Waals surface area contributed by atoms with Crippen molar-refractivity contribution >= 4 is 17.7 Å². The highest BCUT2D eigenvalue weighted by Crippen LogP contribution is 2.11. The molecule has 0 aromatic carbocycles. The number of thioether (sulfide) groups is 1. The van der Waals surface area contributed by atoms with Crippen molar-refractivity contribution in [2.45, 2.75) is 26.0 Å². The highest BCUT2D eigenvalue weighted by molar-refractivity contribution is 7.99. The maximum Gasteiger partial charge on any atom is 0.338 e. The molecule has 0 unspecified atom stereocenters. The fourth-order valence-electron chi connectivity index (χ4n) is 1.01. The third-order valence-corrected chi connectivity index (χ3v) is 2.99. The third-order valence-electron chi connectivity index (χ3n) is 1.92. The van der Waals surface area contributed by atoms with Crippen molar-refractivity contribution in [3.8, 4) is 0 Å². The molecule has 2 nitrogen and oxygen atoms in total. The number of hydrogen-bond acceptors (Lipinski definition) is 3. The first-order chi connectivity index (χ1) is 7.52. The normalized spacial score (nSPS) is 12.0. The summed E-state index contributed by atoms with van der Waals surface area (Å²) in [5.41, 5.74) is 1.28. The van der Waals surface area contributed by atoms with Crippen molar-refractivity contribution < 1.29 is 9.53 Å². The molecular weight excluding hydrogens is 220 g/mol. The molecule has 0 amide bonds. The van der Waals surface area contributed by atoms with E-state index in [9.17, 15) is 4.79 Å². The molecule has 0 fully saturated rings. The summed E-state index contributed by atoms with van der Waals surface area (Å²) in [6.45, 7) is 13.7. The predicted octanol–water partition coefficient (Wildman–Crippen LogP) is 3.36. The van der Waals surface area contributed by atoms with Gasteiger partial charge >= 0.3 is 5.97 Å². The lowest BCUT2D eigenvalue weighted by atomic mass is 10.1. The summed E-state index contributed by atoms with van der Waals surface area (Å²) in [4.78, 5) is 11.6. The summed E-state index contributed by atoms with van der Waals surface area (Å²) in [5, 5.41) is 0.558. The number of carbonyl (C=O) groups excluding carboxylic acids is 1. The molecule has 16 heavy (non-hydrogen) atoms. The van der Waals surface area contributed by atoms with Crippen LogP contribution >= 0.6 is 11.8 Å². The monoisotopic (exact) mass is 240 g/mol. The molecule has 0 N–H and O–H groups in total. The molecule has 90 valence electrons. The van der Waals surface area contributed by atoms with Crippen LogP contribution in [0.15, 0.2) is 36.5 Å². The fourth-order valence-corrected chi connectivity index (χ4v) is 1.66. The third kappa shape index (κ3) is 5.81. The molecule has 0 heterocycles. The van der Waals surface area contributed by atoms with Crippen LogP contribution < -0.4 is 0 Å². The minimum atomic E-state index is -0.322. The number of carbonyl (C=O) groups is 1. The van der Waals surface area contributed by atoms with E-state index in [-0.39, 0.29) is 5.97 Å². The molecule has 0 atom stereocenters. The number of hydrogen-bond donors (Lipinski definition) is 0. The van der Waals surface area contributed by atoms with E-state index in [0.29, 0.717) is 17.4 Å². The van der Waals surface area contributed by atoms with E-state index in [4.69, 9.17) is 4.74 Å². The molecule has 3 heteroatoms. The average Bonchev–Trinajstić information content (AvgIpc) is 2.24. The van der Waals surface area contributed by atoms with E-state index in [1.165, 1.54) is 6.08 Å². The van der Waals surface area contributed by atoms with Gasteiger partial charge in [-0.25, -0.2) is 4.79 Å². The largest absolute Gasteiger partial charge is 0.461 e. The average molecular weight is 240 g/mol. The van der Waals surface area contributed by atoms with Crippen molar-refractivity contribution in [3.05, 3.63) is 36.5 Å². The van der Waals surface area contributed by atoms with Gasteiger partial charge in [0, 0.05) is 5.75 Å². The van der Waals surface area contributed by atoms with Gasteiger partial charge in [0.05, 0.1) is 5.57 Å². The molecule has 0 aliphatic heterocycles. The first kappa shape index (κ1) is 15.0. The smallest absolute Gasteiger partial charge is 0.338 e. The zero-order chi connectivity index (χ0) is 12.6. The maximum atomic E-state index is 11.6. The molecule has 0 aromatic rings. The van der Waals surface area contributed by atoms with E-state index in [0.717, 1.165) is 11.3 Å². The Balaban J connectivity index is 4.15. The van der Waals surface area contributed by atoms with Crippen molar-refractivity contribution in [3.63, 3.8) is 0 Å². The van der Waals surface area contributed by atoms with Gasteiger partial charge in [0.15, 0.2) is 0 Å². The second-order valence-electron chi connectivity index (χ2n) is 3.56. The van der Waals surface area contributed by atoms with Crippen molar-refractivity contribution in [1.29, 1.82) is 0 Å². The van der Waals surface area contributed by atoms with E-state index in [1.807, 2.05) is 6.92 Å². The van der Waals surface area contributed by atoms with E-state index < -0.39 is 0 Å². The van der Waals surface area contributed by atoms with Gasteiger partial charge in [-0.1, -0.05) is 39.2 Å². The molecular formula is C13H20O2S. The number of esters is 1. The summed E-state index contributed by atoms with van der Waals surface area (Å²) in [7, 11) is 0. The Bertz CT molecular complexity index is 290. The van der Waals surface area contributed by atoms with Gasteiger partial charge in [0.1, 0.15) is 6.61 Å². The molecule has 0 rings (SSSR count). The Hall–Kier alpha value is -0.960. The Morgan fingerprint density at radius 1 is 1.38 bits per heavy atom. The first-order valence-corrected chi connectivity index (χ1v) is 6.32. The van der Waals surface area contributed by atoms with Crippen molar-refractivity contribution in [2.24, 2.45) is 0 Å². The Labute approximate surface area is 102 Å². The Morgan fingerprint density at radius 3 is 2.44 bits per heavy atom. The fraction of sp³-hybridized carbons (Fsp3) is 0.462. The SMILES string of the molecule is C=C/C(C)=C(\C=C)C(=O)OCCSC(C)C. The van der Waals surface area contributed by atoms with Crippen LogP contribution in [0, 0.1) is 0 Å². The van der Waals surface area contributed by atoms with Crippen LogP contribution in [0.4, 0.5) is 0 Å². The van der Waals surface area contributed by atoms with E-state index >= 15 is 0 Å². The van der Waals surface area contributed by atoms with Crippen molar-refractivity contribution in [1.82, 2.24) is 0 Å². The quantitative estimate of drug-likeness (QED) is 0.295. The second-order valence-corrected chi connectivity index (χ2v) is 5.24.